The summed E-state index contributed by atoms with van der Waals surface area (Å²) in [5, 5.41) is 3.16. The van der Waals surface area contributed by atoms with Crippen LogP contribution in [-0.4, -0.2) is 25.9 Å². The van der Waals surface area contributed by atoms with Crippen molar-refractivity contribution in [3.63, 3.8) is 0 Å². The number of nitrogens with two attached hydrogens (primary N) is 1. The largest absolute Gasteiger partial charge is 0.494 e. The molecule has 0 aromatic heterocycles. The Labute approximate surface area is 120 Å². The van der Waals surface area contributed by atoms with Crippen LogP contribution in [0.5, 0.6) is 5.75 Å². The van der Waals surface area contributed by atoms with Crippen molar-refractivity contribution < 1.29 is 14.3 Å². The van der Waals surface area contributed by atoms with Crippen LogP contribution in [0.3, 0.4) is 0 Å². The Morgan fingerprint density at radius 1 is 1.20 bits per heavy atom. The molecule has 112 valence electrons. The smallest absolute Gasteiger partial charge is 0.404 e. The maximum Gasteiger partial charge on any atom is 0.404 e. The summed E-state index contributed by atoms with van der Waals surface area (Å²) in [6.45, 7) is 4.54. The zero-order valence-corrected chi connectivity index (χ0v) is 12.1. The molecule has 0 bridgehead atoms. The molecule has 0 heterocycles. The van der Waals surface area contributed by atoms with E-state index in [2.05, 4.69) is 17.0 Å². The van der Waals surface area contributed by atoms with Crippen molar-refractivity contribution in [2.24, 2.45) is 5.73 Å². The molecule has 0 fully saturated rings. The third kappa shape index (κ3) is 7.63. The molecule has 0 aliphatic heterocycles. The first kappa shape index (κ1) is 16.3. The van der Waals surface area contributed by atoms with Gasteiger partial charge in [-0.2, -0.15) is 0 Å². The first-order valence-electron chi connectivity index (χ1n) is 7.07. The topological polar surface area (TPSA) is 73.6 Å². The molecule has 1 aromatic rings. The summed E-state index contributed by atoms with van der Waals surface area (Å²) < 4.78 is 10.3. The molecular formula is C15H24N2O3. The number of benzene rings is 1. The summed E-state index contributed by atoms with van der Waals surface area (Å²) in [5.74, 6) is 0.905. The number of unbranched alkanes of at least 4 members (excludes halogenated alkanes) is 2. The van der Waals surface area contributed by atoms with Gasteiger partial charge in [0.15, 0.2) is 0 Å². The van der Waals surface area contributed by atoms with Gasteiger partial charge in [-0.05, 0) is 24.1 Å². The predicted molar refractivity (Wildman–Crippen MR) is 78.7 cm³/mol. The lowest BCUT2D eigenvalue weighted by molar-refractivity contribution is 0.157. The summed E-state index contributed by atoms with van der Waals surface area (Å²) in [5.41, 5.74) is 6.02. The van der Waals surface area contributed by atoms with Crippen LogP contribution in [0.25, 0.3) is 0 Å². The minimum atomic E-state index is -0.739. The quantitative estimate of drug-likeness (QED) is 0.646. The van der Waals surface area contributed by atoms with E-state index in [0.717, 1.165) is 30.9 Å². The highest BCUT2D eigenvalue weighted by Gasteiger charge is 1.97. The fourth-order valence-electron chi connectivity index (χ4n) is 1.70. The number of rotatable bonds is 10. The number of carbonyl (C=O) groups is 1. The maximum absolute atomic E-state index is 10.4. The molecular weight excluding hydrogens is 256 g/mol. The molecule has 3 N–H and O–H groups in total. The number of hydrogen-bond donors (Lipinski definition) is 2. The van der Waals surface area contributed by atoms with Crippen LogP contribution < -0.4 is 15.8 Å². The standard InChI is InChI=1S/C15H24N2O3/c1-2-3-4-10-19-14-7-5-13(6-8-14)12-17-9-11-20-15(16)18/h5-8,17H,2-4,9-12H2,1H3,(H2,16,18). The van der Waals surface area contributed by atoms with E-state index in [1.54, 1.807) is 0 Å². The van der Waals surface area contributed by atoms with Crippen LogP contribution in [0.4, 0.5) is 4.79 Å². The number of amides is 1. The second kappa shape index (κ2) is 10.1. The van der Waals surface area contributed by atoms with Crippen LogP contribution >= 0.6 is 0 Å². The molecule has 0 aliphatic carbocycles. The van der Waals surface area contributed by atoms with Crippen LogP contribution in [-0.2, 0) is 11.3 Å². The minimum Gasteiger partial charge on any atom is -0.494 e. The van der Waals surface area contributed by atoms with Gasteiger partial charge in [0.05, 0.1) is 6.61 Å². The molecule has 0 atom stereocenters. The predicted octanol–water partition coefficient (Wildman–Crippen LogP) is 2.44. The first-order valence-corrected chi connectivity index (χ1v) is 7.07. The van der Waals surface area contributed by atoms with E-state index in [4.69, 9.17) is 10.5 Å². The molecule has 20 heavy (non-hydrogen) atoms. The first-order chi connectivity index (χ1) is 9.72. The van der Waals surface area contributed by atoms with Gasteiger partial charge in [-0.15, -0.1) is 0 Å². The van der Waals surface area contributed by atoms with Crippen LogP contribution in [0.15, 0.2) is 24.3 Å². The Morgan fingerprint density at radius 2 is 1.95 bits per heavy atom. The van der Waals surface area contributed by atoms with Crippen LogP contribution in [0, 0.1) is 0 Å². The third-order valence-corrected chi connectivity index (χ3v) is 2.79. The zero-order chi connectivity index (χ0) is 14.6. The molecule has 5 nitrogen and oxygen atoms in total. The molecule has 1 aromatic carbocycles. The lowest BCUT2D eigenvalue weighted by Gasteiger charge is -2.08. The molecule has 0 radical (unpaired) electrons. The second-order valence-corrected chi connectivity index (χ2v) is 4.54. The Bertz CT molecular complexity index is 379. The number of hydrogen-bond acceptors (Lipinski definition) is 4. The van der Waals surface area contributed by atoms with Gasteiger partial charge in [-0.3, -0.25) is 0 Å². The summed E-state index contributed by atoms with van der Waals surface area (Å²) in [6.07, 6.45) is 2.76. The van der Waals surface area contributed by atoms with Crippen molar-refractivity contribution in [1.82, 2.24) is 5.32 Å². The molecule has 5 heteroatoms. The highest BCUT2D eigenvalue weighted by Crippen LogP contribution is 2.12. The van der Waals surface area contributed by atoms with E-state index in [1.807, 2.05) is 24.3 Å². The highest BCUT2D eigenvalue weighted by molar-refractivity contribution is 5.64. The van der Waals surface area contributed by atoms with Gasteiger partial charge in [-0.1, -0.05) is 31.9 Å². The zero-order valence-electron chi connectivity index (χ0n) is 12.1. The average Bonchev–Trinajstić information content (AvgIpc) is 2.44. The van der Waals surface area contributed by atoms with Crippen molar-refractivity contribution >= 4 is 6.09 Å². The number of primary amides is 1. The van der Waals surface area contributed by atoms with Gasteiger partial charge in [0.2, 0.25) is 0 Å². The monoisotopic (exact) mass is 280 g/mol. The number of carbonyl (C=O) groups excluding carboxylic acids is 1. The van der Waals surface area contributed by atoms with Crippen molar-refractivity contribution in [2.45, 2.75) is 32.7 Å². The van der Waals surface area contributed by atoms with Gasteiger partial charge >= 0.3 is 6.09 Å². The molecule has 0 aliphatic rings. The lowest BCUT2D eigenvalue weighted by Crippen LogP contribution is -2.23. The summed E-state index contributed by atoms with van der Waals surface area (Å²) in [7, 11) is 0. The third-order valence-electron chi connectivity index (χ3n) is 2.79. The number of nitrogens with one attached hydrogen (secondary N) is 1. The summed E-state index contributed by atoms with van der Waals surface area (Å²) >= 11 is 0. The van der Waals surface area contributed by atoms with E-state index in [9.17, 15) is 4.79 Å². The Balaban J connectivity index is 2.16. The van der Waals surface area contributed by atoms with E-state index in [0.29, 0.717) is 6.54 Å². The van der Waals surface area contributed by atoms with Gasteiger partial charge in [-0.25, -0.2) is 4.79 Å². The van der Waals surface area contributed by atoms with Gasteiger partial charge < -0.3 is 20.5 Å². The van der Waals surface area contributed by atoms with Gasteiger partial charge in [0.25, 0.3) is 0 Å². The Morgan fingerprint density at radius 3 is 2.60 bits per heavy atom. The lowest BCUT2D eigenvalue weighted by atomic mass is 10.2. The van der Waals surface area contributed by atoms with Crippen molar-refractivity contribution in [3.05, 3.63) is 29.8 Å². The van der Waals surface area contributed by atoms with E-state index >= 15 is 0 Å². The highest BCUT2D eigenvalue weighted by atomic mass is 16.5. The fraction of sp³-hybridized carbons (Fsp3) is 0.533. The molecule has 1 amide bonds. The van der Waals surface area contributed by atoms with Crippen molar-refractivity contribution in [3.8, 4) is 5.75 Å². The average molecular weight is 280 g/mol. The van der Waals surface area contributed by atoms with Gasteiger partial charge in [0, 0.05) is 13.1 Å². The second-order valence-electron chi connectivity index (χ2n) is 4.54. The SMILES string of the molecule is CCCCCOc1ccc(CNCCOC(N)=O)cc1. The van der Waals surface area contributed by atoms with E-state index in [1.165, 1.54) is 12.8 Å². The normalized spacial score (nSPS) is 10.2. The fourth-order valence-corrected chi connectivity index (χ4v) is 1.70. The maximum atomic E-state index is 10.4. The van der Waals surface area contributed by atoms with E-state index in [-0.39, 0.29) is 6.61 Å². The number of ether oxygens (including phenoxy) is 2. The Kier molecular flexibility index (Phi) is 8.22. The molecule has 0 saturated heterocycles. The summed E-state index contributed by atoms with van der Waals surface area (Å²) in [4.78, 5) is 10.4. The minimum absolute atomic E-state index is 0.286. The summed E-state index contributed by atoms with van der Waals surface area (Å²) in [6, 6.07) is 8.00. The van der Waals surface area contributed by atoms with E-state index < -0.39 is 6.09 Å². The molecule has 1 rings (SSSR count). The molecule has 0 saturated carbocycles. The van der Waals surface area contributed by atoms with Crippen LogP contribution in [0.1, 0.15) is 31.7 Å². The van der Waals surface area contributed by atoms with Crippen molar-refractivity contribution in [2.75, 3.05) is 19.8 Å². The van der Waals surface area contributed by atoms with Crippen molar-refractivity contribution in [1.29, 1.82) is 0 Å². The Hall–Kier alpha value is -1.75. The van der Waals surface area contributed by atoms with Crippen LogP contribution in [0.2, 0.25) is 0 Å². The van der Waals surface area contributed by atoms with Gasteiger partial charge in [0.1, 0.15) is 12.4 Å². The molecule has 0 spiro atoms. The molecule has 0 unspecified atom stereocenters.